The predicted molar refractivity (Wildman–Crippen MR) is 169 cm³/mol. The summed E-state index contributed by atoms with van der Waals surface area (Å²) in [6.45, 7) is 2.14. The molecule has 1 amide bonds. The van der Waals surface area contributed by atoms with Crippen molar-refractivity contribution in [2.24, 2.45) is 0 Å². The minimum absolute atomic E-state index is 0.0160. The quantitative estimate of drug-likeness (QED) is 0.206. The third-order valence-electron chi connectivity index (χ3n) is 8.29. The SMILES string of the molecule is Cc1ccnn1-c1ccc(-n2c(=O)c3c(n4ncc(Cc5ccccc5)c24)CN(C(=O)c2ccc(Br)c(C(F)(F)F)c2)CC3)cc1. The average molecular weight is 688 g/mol. The molecule has 3 aromatic carbocycles. The summed E-state index contributed by atoms with van der Waals surface area (Å²) in [6, 6.07) is 22.7. The summed E-state index contributed by atoms with van der Waals surface area (Å²) >= 11 is 2.94. The molecule has 232 valence electrons. The number of carbonyl (C=O) groups excluding carboxylic acids is 1. The van der Waals surface area contributed by atoms with Gasteiger partial charge in [-0.05, 0) is 67.4 Å². The molecular formula is C34H26BrF3N6O2. The van der Waals surface area contributed by atoms with Crippen molar-refractivity contribution in [2.45, 2.75) is 32.5 Å². The second-order valence-electron chi connectivity index (χ2n) is 11.2. The Labute approximate surface area is 269 Å². The van der Waals surface area contributed by atoms with Crippen LogP contribution in [-0.2, 0) is 25.6 Å². The van der Waals surface area contributed by atoms with Gasteiger partial charge in [0.1, 0.15) is 5.65 Å². The van der Waals surface area contributed by atoms with Gasteiger partial charge in [0.2, 0.25) is 0 Å². The Hall–Kier alpha value is -4.97. The highest BCUT2D eigenvalue weighted by molar-refractivity contribution is 9.10. The summed E-state index contributed by atoms with van der Waals surface area (Å²) in [4.78, 5) is 29.3. The van der Waals surface area contributed by atoms with Gasteiger partial charge in [-0.15, -0.1) is 0 Å². The Bertz CT molecular complexity index is 2170. The van der Waals surface area contributed by atoms with Crippen LogP contribution in [0.15, 0.2) is 101 Å². The Kier molecular flexibility index (Phi) is 7.39. The second-order valence-corrected chi connectivity index (χ2v) is 12.1. The van der Waals surface area contributed by atoms with Crippen LogP contribution in [0.25, 0.3) is 17.0 Å². The Morgan fingerprint density at radius 1 is 0.957 bits per heavy atom. The molecule has 0 radical (unpaired) electrons. The van der Waals surface area contributed by atoms with E-state index in [0.717, 1.165) is 28.6 Å². The van der Waals surface area contributed by atoms with Gasteiger partial charge in [-0.25, -0.2) is 9.20 Å². The van der Waals surface area contributed by atoms with Gasteiger partial charge in [-0.2, -0.15) is 23.4 Å². The number of alkyl halides is 3. The lowest BCUT2D eigenvalue weighted by molar-refractivity contribution is -0.138. The monoisotopic (exact) mass is 686 g/mol. The maximum absolute atomic E-state index is 14.3. The first-order chi connectivity index (χ1) is 22.1. The molecule has 3 aromatic heterocycles. The number of hydrogen-bond acceptors (Lipinski definition) is 4. The lowest BCUT2D eigenvalue weighted by Crippen LogP contribution is -2.41. The maximum Gasteiger partial charge on any atom is 0.417 e. The van der Waals surface area contributed by atoms with Crippen molar-refractivity contribution in [2.75, 3.05) is 6.54 Å². The van der Waals surface area contributed by atoms with E-state index < -0.39 is 17.6 Å². The van der Waals surface area contributed by atoms with Crippen LogP contribution in [0.4, 0.5) is 13.2 Å². The summed E-state index contributed by atoms with van der Waals surface area (Å²) in [6.07, 6.45) is -0.444. The summed E-state index contributed by atoms with van der Waals surface area (Å²) in [5.41, 5.74) is 4.68. The van der Waals surface area contributed by atoms with Crippen LogP contribution in [0.3, 0.4) is 0 Å². The van der Waals surface area contributed by atoms with Crippen LogP contribution in [0.2, 0.25) is 0 Å². The zero-order chi connectivity index (χ0) is 32.2. The molecule has 0 aliphatic carbocycles. The topological polar surface area (TPSA) is 77.4 Å². The van der Waals surface area contributed by atoms with E-state index in [1.165, 1.54) is 17.0 Å². The number of rotatable bonds is 5. The van der Waals surface area contributed by atoms with Crippen molar-refractivity contribution in [1.82, 2.24) is 28.9 Å². The van der Waals surface area contributed by atoms with Gasteiger partial charge >= 0.3 is 6.18 Å². The van der Waals surface area contributed by atoms with Crippen molar-refractivity contribution in [3.8, 4) is 11.4 Å². The highest BCUT2D eigenvalue weighted by Crippen LogP contribution is 2.36. The summed E-state index contributed by atoms with van der Waals surface area (Å²) in [5, 5.41) is 9.07. The molecule has 6 aromatic rings. The van der Waals surface area contributed by atoms with E-state index in [2.05, 4.69) is 21.0 Å². The fraction of sp³-hybridized carbons (Fsp3) is 0.176. The van der Waals surface area contributed by atoms with Gasteiger partial charge in [-0.3, -0.25) is 14.2 Å². The molecular weight excluding hydrogens is 661 g/mol. The second kappa shape index (κ2) is 11.4. The molecule has 8 nitrogen and oxygen atoms in total. The largest absolute Gasteiger partial charge is 0.417 e. The minimum atomic E-state index is -4.62. The molecule has 46 heavy (non-hydrogen) atoms. The van der Waals surface area contributed by atoms with Crippen molar-refractivity contribution in [1.29, 1.82) is 0 Å². The van der Waals surface area contributed by atoms with E-state index in [4.69, 9.17) is 5.10 Å². The van der Waals surface area contributed by atoms with Crippen molar-refractivity contribution < 1.29 is 18.0 Å². The number of aromatic nitrogens is 5. The number of carbonyl (C=O) groups is 1. The van der Waals surface area contributed by atoms with Gasteiger partial charge < -0.3 is 4.90 Å². The first-order valence-electron chi connectivity index (χ1n) is 14.5. The number of aryl methyl sites for hydroxylation is 1. The average Bonchev–Trinajstić information content (AvgIpc) is 3.67. The van der Waals surface area contributed by atoms with E-state index in [0.29, 0.717) is 29.0 Å². The number of benzene rings is 3. The lowest BCUT2D eigenvalue weighted by atomic mass is 10.0. The number of hydrogen-bond donors (Lipinski definition) is 0. The smallest absolute Gasteiger partial charge is 0.332 e. The molecule has 1 aliphatic rings. The van der Waals surface area contributed by atoms with Crippen molar-refractivity contribution in [3.05, 3.63) is 145 Å². The molecule has 0 fully saturated rings. The van der Waals surface area contributed by atoms with Crippen LogP contribution < -0.4 is 5.56 Å². The fourth-order valence-electron chi connectivity index (χ4n) is 6.01. The fourth-order valence-corrected chi connectivity index (χ4v) is 6.48. The Balaban J connectivity index is 1.33. The molecule has 4 heterocycles. The Morgan fingerprint density at radius 3 is 2.39 bits per heavy atom. The van der Waals surface area contributed by atoms with Crippen LogP contribution in [0.5, 0.6) is 0 Å². The molecule has 0 atom stereocenters. The van der Waals surface area contributed by atoms with E-state index in [1.54, 1.807) is 21.5 Å². The zero-order valence-corrected chi connectivity index (χ0v) is 26.1. The number of amides is 1. The van der Waals surface area contributed by atoms with Crippen LogP contribution in [0.1, 0.15) is 44.0 Å². The molecule has 7 rings (SSSR count). The van der Waals surface area contributed by atoms with Crippen LogP contribution >= 0.6 is 15.9 Å². The molecule has 0 bridgehead atoms. The lowest BCUT2D eigenvalue weighted by Gasteiger charge is -2.30. The van der Waals surface area contributed by atoms with Gasteiger partial charge in [0.05, 0.1) is 35.4 Å². The van der Waals surface area contributed by atoms with Crippen LogP contribution in [-0.4, -0.2) is 41.3 Å². The van der Waals surface area contributed by atoms with E-state index in [1.807, 2.05) is 72.3 Å². The summed E-state index contributed by atoms with van der Waals surface area (Å²) < 4.78 is 45.8. The van der Waals surface area contributed by atoms with Gasteiger partial charge in [-0.1, -0.05) is 46.3 Å². The molecule has 0 saturated carbocycles. The number of halogens is 4. The van der Waals surface area contributed by atoms with Crippen molar-refractivity contribution >= 4 is 27.5 Å². The van der Waals surface area contributed by atoms with Crippen LogP contribution in [0, 0.1) is 6.92 Å². The molecule has 0 N–H and O–H groups in total. The van der Waals surface area contributed by atoms with Gasteiger partial charge in [0.25, 0.3) is 11.5 Å². The highest BCUT2D eigenvalue weighted by atomic mass is 79.9. The molecule has 0 saturated heterocycles. The first-order valence-corrected chi connectivity index (χ1v) is 15.3. The maximum atomic E-state index is 14.3. The van der Waals surface area contributed by atoms with Gasteiger partial charge in [0.15, 0.2) is 0 Å². The van der Waals surface area contributed by atoms with E-state index in [-0.39, 0.29) is 35.1 Å². The van der Waals surface area contributed by atoms with Gasteiger partial charge in [0, 0.05) is 46.0 Å². The van der Waals surface area contributed by atoms with E-state index in [9.17, 15) is 22.8 Å². The third kappa shape index (κ3) is 5.22. The molecule has 0 unspecified atom stereocenters. The number of fused-ring (bicyclic) bond motifs is 3. The predicted octanol–water partition coefficient (Wildman–Crippen LogP) is 6.55. The first kappa shape index (κ1) is 29.7. The summed E-state index contributed by atoms with van der Waals surface area (Å²) in [7, 11) is 0. The van der Waals surface area contributed by atoms with Crippen molar-refractivity contribution in [3.63, 3.8) is 0 Å². The zero-order valence-electron chi connectivity index (χ0n) is 24.5. The van der Waals surface area contributed by atoms with E-state index >= 15 is 0 Å². The highest BCUT2D eigenvalue weighted by Gasteiger charge is 2.35. The summed E-state index contributed by atoms with van der Waals surface area (Å²) in [5.74, 6) is -0.554. The Morgan fingerprint density at radius 2 is 1.70 bits per heavy atom. The normalized spacial score (nSPS) is 13.3. The third-order valence-corrected chi connectivity index (χ3v) is 8.99. The standard InChI is InChI=1S/C34H26BrF3N6O2/c1-21-13-15-39-43(21)26-10-8-25(9-11-26)42-31-24(17-22-5-3-2-4-6-22)19-40-44(31)30-20-41(16-14-27(30)33(42)46)32(45)23-7-12-29(35)28(18-23)34(36,37)38/h2-13,15,18-19H,14,16-17,20H2,1H3. The number of nitrogens with zero attached hydrogens (tertiary/aromatic N) is 6. The molecule has 1 aliphatic heterocycles. The minimum Gasteiger partial charge on any atom is -0.332 e. The molecule has 12 heteroatoms. The molecule has 0 spiro atoms.